The predicted molar refractivity (Wildman–Crippen MR) is 84.3 cm³/mol. The van der Waals surface area contributed by atoms with Crippen LogP contribution >= 0.6 is 0 Å². The van der Waals surface area contributed by atoms with Crippen LogP contribution < -0.4 is 15.8 Å². The van der Waals surface area contributed by atoms with Crippen molar-refractivity contribution >= 4 is 5.69 Å². The molecule has 0 aliphatic rings. The molecule has 0 spiro atoms. The van der Waals surface area contributed by atoms with E-state index in [4.69, 9.17) is 15.2 Å². The number of rotatable bonds is 11. The highest BCUT2D eigenvalue weighted by atomic mass is 16.5. The van der Waals surface area contributed by atoms with Gasteiger partial charge < -0.3 is 20.5 Å². The molecule has 4 nitrogen and oxygen atoms in total. The molecule has 0 fully saturated rings. The minimum absolute atomic E-state index is 0.648. The lowest BCUT2D eigenvalue weighted by molar-refractivity contribution is 0.145. The topological polar surface area (TPSA) is 56.5 Å². The lowest BCUT2D eigenvalue weighted by Crippen LogP contribution is -2.18. The molecule has 0 unspecified atom stereocenters. The van der Waals surface area contributed by atoms with Gasteiger partial charge in [0.05, 0.1) is 12.3 Å². The van der Waals surface area contributed by atoms with Crippen molar-refractivity contribution in [3.8, 4) is 5.75 Å². The number of anilines is 1. The Hall–Kier alpha value is -1.26. The third kappa shape index (κ3) is 6.78. The Morgan fingerprint density at radius 1 is 1.10 bits per heavy atom. The van der Waals surface area contributed by atoms with E-state index in [9.17, 15) is 0 Å². The van der Waals surface area contributed by atoms with Crippen LogP contribution in [0.25, 0.3) is 0 Å². The first kappa shape index (κ1) is 16.8. The van der Waals surface area contributed by atoms with Crippen LogP contribution in [0.1, 0.15) is 32.3 Å². The van der Waals surface area contributed by atoms with E-state index in [1.807, 2.05) is 26.0 Å². The van der Waals surface area contributed by atoms with Crippen molar-refractivity contribution in [2.45, 2.75) is 33.1 Å². The second kappa shape index (κ2) is 10.5. The second-order valence-electron chi connectivity index (χ2n) is 4.71. The summed E-state index contributed by atoms with van der Waals surface area (Å²) in [6, 6.07) is 6.07. The summed E-state index contributed by atoms with van der Waals surface area (Å²) in [6.45, 7) is 8.33. The van der Waals surface area contributed by atoms with E-state index in [0.717, 1.165) is 57.0 Å². The third-order valence-corrected chi connectivity index (χ3v) is 3.04. The average molecular weight is 280 g/mol. The maximum Gasteiger partial charge on any atom is 0.142 e. The molecule has 0 radical (unpaired) electrons. The van der Waals surface area contributed by atoms with Crippen molar-refractivity contribution in [1.29, 1.82) is 0 Å². The molecule has 1 aromatic rings. The van der Waals surface area contributed by atoms with Crippen molar-refractivity contribution in [2.24, 2.45) is 0 Å². The lowest BCUT2D eigenvalue weighted by Gasteiger charge is -2.09. The van der Waals surface area contributed by atoms with Crippen LogP contribution in [0.5, 0.6) is 5.75 Å². The highest BCUT2D eigenvalue weighted by Gasteiger charge is 2.01. The number of hydrogen-bond donors (Lipinski definition) is 2. The number of nitrogens with two attached hydrogens (primary N) is 1. The summed E-state index contributed by atoms with van der Waals surface area (Å²) in [5.41, 5.74) is 7.95. The van der Waals surface area contributed by atoms with Gasteiger partial charge in [-0.25, -0.2) is 0 Å². The summed E-state index contributed by atoms with van der Waals surface area (Å²) in [7, 11) is 0. The second-order valence-corrected chi connectivity index (χ2v) is 4.71. The summed E-state index contributed by atoms with van der Waals surface area (Å²) < 4.78 is 10.7. The fourth-order valence-electron chi connectivity index (χ4n) is 2.03. The van der Waals surface area contributed by atoms with E-state index in [-0.39, 0.29) is 0 Å². The zero-order chi connectivity index (χ0) is 14.6. The molecule has 20 heavy (non-hydrogen) atoms. The number of nitrogen functional groups attached to an aromatic ring is 1. The van der Waals surface area contributed by atoms with E-state index >= 15 is 0 Å². The standard InChI is InChI=1S/C16H28N2O2/c1-3-19-12-6-11-18-10-5-7-14-8-9-16(20-4-2)15(17)13-14/h8-9,13,18H,3-7,10-12,17H2,1-2H3. The molecular weight excluding hydrogens is 252 g/mol. The van der Waals surface area contributed by atoms with Crippen molar-refractivity contribution in [2.75, 3.05) is 38.6 Å². The van der Waals surface area contributed by atoms with Crippen LogP contribution in [0.2, 0.25) is 0 Å². The first-order valence-electron chi connectivity index (χ1n) is 7.57. The molecule has 0 aromatic heterocycles. The summed E-state index contributed by atoms with van der Waals surface area (Å²) in [6.07, 6.45) is 3.22. The Morgan fingerprint density at radius 2 is 1.90 bits per heavy atom. The maximum absolute atomic E-state index is 5.95. The Bertz CT molecular complexity index is 369. The van der Waals surface area contributed by atoms with E-state index < -0.39 is 0 Å². The fraction of sp³-hybridized carbons (Fsp3) is 0.625. The van der Waals surface area contributed by atoms with Gasteiger partial charge in [-0.2, -0.15) is 0 Å². The van der Waals surface area contributed by atoms with Crippen molar-refractivity contribution < 1.29 is 9.47 Å². The molecular formula is C16H28N2O2. The first-order valence-corrected chi connectivity index (χ1v) is 7.57. The molecule has 0 saturated carbocycles. The molecule has 0 atom stereocenters. The molecule has 0 heterocycles. The van der Waals surface area contributed by atoms with Gasteiger partial charge in [0, 0.05) is 13.2 Å². The van der Waals surface area contributed by atoms with Crippen LogP contribution in [0.3, 0.4) is 0 Å². The number of aryl methyl sites for hydroxylation is 1. The van der Waals surface area contributed by atoms with E-state index in [1.54, 1.807) is 0 Å². The molecule has 0 bridgehead atoms. The van der Waals surface area contributed by atoms with Crippen molar-refractivity contribution in [3.05, 3.63) is 23.8 Å². The molecule has 1 rings (SSSR count). The van der Waals surface area contributed by atoms with E-state index in [1.165, 1.54) is 5.56 Å². The quantitative estimate of drug-likeness (QED) is 0.483. The molecule has 1 aromatic carbocycles. The normalized spacial score (nSPS) is 10.7. The van der Waals surface area contributed by atoms with Crippen molar-refractivity contribution in [1.82, 2.24) is 5.32 Å². The Labute approximate surface area is 122 Å². The van der Waals surface area contributed by atoms with Gasteiger partial charge in [0.2, 0.25) is 0 Å². The zero-order valence-electron chi connectivity index (χ0n) is 12.8. The van der Waals surface area contributed by atoms with Gasteiger partial charge in [-0.3, -0.25) is 0 Å². The Balaban J connectivity index is 2.14. The smallest absolute Gasteiger partial charge is 0.142 e. The highest BCUT2D eigenvalue weighted by molar-refractivity contribution is 5.54. The monoisotopic (exact) mass is 280 g/mol. The number of benzene rings is 1. The molecule has 3 N–H and O–H groups in total. The Kier molecular flexibility index (Phi) is 8.83. The number of hydrogen-bond acceptors (Lipinski definition) is 4. The van der Waals surface area contributed by atoms with E-state index in [2.05, 4.69) is 11.4 Å². The molecule has 0 aliphatic carbocycles. The summed E-state index contributed by atoms with van der Waals surface area (Å²) >= 11 is 0. The zero-order valence-corrected chi connectivity index (χ0v) is 12.8. The Morgan fingerprint density at radius 3 is 2.60 bits per heavy atom. The highest BCUT2D eigenvalue weighted by Crippen LogP contribution is 2.22. The third-order valence-electron chi connectivity index (χ3n) is 3.04. The van der Waals surface area contributed by atoms with Crippen LogP contribution in [0.15, 0.2) is 18.2 Å². The SMILES string of the molecule is CCOCCCNCCCc1ccc(OCC)c(N)c1. The van der Waals surface area contributed by atoms with Crippen LogP contribution in [0.4, 0.5) is 5.69 Å². The summed E-state index contributed by atoms with van der Waals surface area (Å²) in [4.78, 5) is 0. The molecule has 0 aliphatic heterocycles. The summed E-state index contributed by atoms with van der Waals surface area (Å²) in [5, 5.41) is 3.42. The number of ether oxygens (including phenoxy) is 2. The molecule has 114 valence electrons. The maximum atomic E-state index is 5.95. The van der Waals surface area contributed by atoms with Crippen molar-refractivity contribution in [3.63, 3.8) is 0 Å². The van der Waals surface area contributed by atoms with Crippen LogP contribution in [0, 0.1) is 0 Å². The largest absolute Gasteiger partial charge is 0.492 e. The molecule has 0 saturated heterocycles. The minimum atomic E-state index is 0.648. The van der Waals surface area contributed by atoms with E-state index in [0.29, 0.717) is 6.61 Å². The van der Waals surface area contributed by atoms with Gasteiger partial charge in [-0.05, 0) is 63.9 Å². The van der Waals surface area contributed by atoms with Crippen LogP contribution in [-0.4, -0.2) is 32.9 Å². The number of nitrogens with one attached hydrogen (secondary N) is 1. The fourth-order valence-corrected chi connectivity index (χ4v) is 2.03. The molecule has 4 heteroatoms. The molecule has 0 amide bonds. The first-order chi connectivity index (χ1) is 9.77. The van der Waals surface area contributed by atoms with Gasteiger partial charge >= 0.3 is 0 Å². The van der Waals surface area contributed by atoms with Crippen LogP contribution in [-0.2, 0) is 11.2 Å². The minimum Gasteiger partial charge on any atom is -0.492 e. The van der Waals surface area contributed by atoms with Gasteiger partial charge in [-0.15, -0.1) is 0 Å². The van der Waals surface area contributed by atoms with Gasteiger partial charge in [-0.1, -0.05) is 6.07 Å². The predicted octanol–water partition coefficient (Wildman–Crippen LogP) is 2.62. The van der Waals surface area contributed by atoms with Gasteiger partial charge in [0.1, 0.15) is 5.75 Å². The summed E-state index contributed by atoms with van der Waals surface area (Å²) in [5.74, 6) is 0.783. The van der Waals surface area contributed by atoms with Gasteiger partial charge in [0.15, 0.2) is 0 Å². The lowest BCUT2D eigenvalue weighted by atomic mass is 10.1. The average Bonchev–Trinajstić information content (AvgIpc) is 2.45. The van der Waals surface area contributed by atoms with Gasteiger partial charge in [0.25, 0.3) is 0 Å².